The average Bonchev–Trinajstić information content (AvgIpc) is 3.18. The molecule has 2 heterocycles. The molecule has 1 amide bonds. The van der Waals surface area contributed by atoms with E-state index in [0.717, 1.165) is 23.7 Å². The Bertz CT molecular complexity index is 639. The van der Waals surface area contributed by atoms with Gasteiger partial charge >= 0.3 is 0 Å². The predicted molar refractivity (Wildman–Crippen MR) is 102 cm³/mol. The fourth-order valence-corrected chi connectivity index (χ4v) is 4.13. The van der Waals surface area contributed by atoms with Crippen LogP contribution >= 0.6 is 11.8 Å². The summed E-state index contributed by atoms with van der Waals surface area (Å²) in [6, 6.07) is 14.1. The van der Waals surface area contributed by atoms with Crippen molar-refractivity contribution in [3.05, 3.63) is 54.5 Å². The van der Waals surface area contributed by atoms with E-state index in [4.69, 9.17) is 4.42 Å². The molecular formula is C20H26N2O2S. The van der Waals surface area contributed by atoms with Gasteiger partial charge in [-0.15, -0.1) is 11.8 Å². The average molecular weight is 359 g/mol. The second-order valence-electron chi connectivity index (χ2n) is 6.45. The molecule has 5 heteroatoms. The zero-order chi connectivity index (χ0) is 17.5. The van der Waals surface area contributed by atoms with Crippen molar-refractivity contribution in [1.82, 2.24) is 10.2 Å². The summed E-state index contributed by atoms with van der Waals surface area (Å²) in [5, 5.41) is 3.00. The molecule has 4 nitrogen and oxygen atoms in total. The first kappa shape index (κ1) is 18.1. The Morgan fingerprint density at radius 2 is 1.92 bits per heavy atom. The van der Waals surface area contributed by atoms with E-state index in [1.54, 1.807) is 18.0 Å². The minimum absolute atomic E-state index is 0.0717. The van der Waals surface area contributed by atoms with Crippen LogP contribution in [0.2, 0.25) is 0 Å². The van der Waals surface area contributed by atoms with Gasteiger partial charge in [-0.1, -0.05) is 24.6 Å². The zero-order valence-corrected chi connectivity index (χ0v) is 15.5. The lowest BCUT2D eigenvalue weighted by atomic mass is 10.1. The lowest BCUT2D eigenvalue weighted by Crippen LogP contribution is -2.42. The van der Waals surface area contributed by atoms with E-state index in [9.17, 15) is 4.79 Å². The Morgan fingerprint density at radius 3 is 2.60 bits per heavy atom. The van der Waals surface area contributed by atoms with Crippen molar-refractivity contribution < 1.29 is 9.21 Å². The number of nitrogens with one attached hydrogen (secondary N) is 1. The molecule has 1 aliphatic heterocycles. The molecule has 0 aliphatic carbocycles. The molecule has 0 unspecified atom stereocenters. The number of amides is 1. The third-order valence-electron chi connectivity index (χ3n) is 4.60. The van der Waals surface area contributed by atoms with Gasteiger partial charge in [0.2, 0.25) is 5.91 Å². The van der Waals surface area contributed by atoms with Gasteiger partial charge in [0.15, 0.2) is 0 Å². The van der Waals surface area contributed by atoms with E-state index in [2.05, 4.69) is 10.2 Å². The molecule has 0 bridgehead atoms. The van der Waals surface area contributed by atoms with Crippen LogP contribution in [-0.2, 0) is 4.79 Å². The Balaban J connectivity index is 1.57. The van der Waals surface area contributed by atoms with E-state index < -0.39 is 0 Å². The molecule has 0 spiro atoms. The molecule has 1 aliphatic rings. The number of carbonyl (C=O) groups is 1. The summed E-state index contributed by atoms with van der Waals surface area (Å²) in [5.41, 5.74) is 0. The number of rotatable bonds is 7. The minimum Gasteiger partial charge on any atom is -0.468 e. The smallest absolute Gasteiger partial charge is 0.233 e. The van der Waals surface area contributed by atoms with Gasteiger partial charge in [0.1, 0.15) is 5.76 Å². The van der Waals surface area contributed by atoms with Crippen molar-refractivity contribution in [3.63, 3.8) is 0 Å². The number of nitrogens with zero attached hydrogens (tertiary/aromatic N) is 1. The Morgan fingerprint density at radius 1 is 1.16 bits per heavy atom. The van der Waals surface area contributed by atoms with Crippen LogP contribution in [0.15, 0.2) is 58.0 Å². The van der Waals surface area contributed by atoms with E-state index in [-0.39, 0.29) is 17.2 Å². The molecule has 1 N–H and O–H groups in total. The Kier molecular flexibility index (Phi) is 6.59. The molecule has 1 fully saturated rings. The van der Waals surface area contributed by atoms with Gasteiger partial charge in [0.25, 0.3) is 0 Å². The van der Waals surface area contributed by atoms with Gasteiger partial charge in [-0.05, 0) is 57.1 Å². The van der Waals surface area contributed by atoms with Gasteiger partial charge in [-0.25, -0.2) is 0 Å². The first-order valence-corrected chi connectivity index (χ1v) is 9.89. The molecule has 25 heavy (non-hydrogen) atoms. The fraction of sp³-hybridized carbons (Fsp3) is 0.450. The number of thioether (sulfide) groups is 1. The summed E-state index contributed by atoms with van der Waals surface area (Å²) in [4.78, 5) is 16.1. The number of hydrogen-bond donors (Lipinski definition) is 1. The maximum Gasteiger partial charge on any atom is 0.233 e. The van der Waals surface area contributed by atoms with Crippen molar-refractivity contribution in [3.8, 4) is 0 Å². The molecule has 1 saturated heterocycles. The molecular weight excluding hydrogens is 332 g/mol. The summed E-state index contributed by atoms with van der Waals surface area (Å²) >= 11 is 1.59. The number of benzene rings is 1. The molecule has 134 valence electrons. The maximum atomic E-state index is 12.5. The molecule has 3 rings (SSSR count). The normalized spacial score (nSPS) is 17.8. The second-order valence-corrected chi connectivity index (χ2v) is 7.86. The van der Waals surface area contributed by atoms with Crippen molar-refractivity contribution >= 4 is 17.7 Å². The number of likely N-dealkylation sites (tertiary alicyclic amines) is 1. The molecule has 1 aromatic carbocycles. The van der Waals surface area contributed by atoms with E-state index >= 15 is 0 Å². The molecule has 0 saturated carbocycles. The predicted octanol–water partition coefficient (Wildman–Crippen LogP) is 4.10. The monoisotopic (exact) mass is 358 g/mol. The molecule has 2 atom stereocenters. The topological polar surface area (TPSA) is 45.5 Å². The lowest BCUT2D eigenvalue weighted by Gasteiger charge is -2.33. The quantitative estimate of drug-likeness (QED) is 0.757. The van der Waals surface area contributed by atoms with E-state index in [1.807, 2.05) is 49.4 Å². The summed E-state index contributed by atoms with van der Waals surface area (Å²) in [5.74, 6) is 1.01. The zero-order valence-electron chi connectivity index (χ0n) is 14.7. The minimum atomic E-state index is -0.124. The highest BCUT2D eigenvalue weighted by Gasteiger charge is 2.25. The number of carbonyl (C=O) groups excluding carboxylic acids is 1. The van der Waals surface area contributed by atoms with Crippen molar-refractivity contribution in [2.45, 2.75) is 42.4 Å². The van der Waals surface area contributed by atoms with Gasteiger partial charge in [0.05, 0.1) is 17.6 Å². The van der Waals surface area contributed by atoms with Crippen molar-refractivity contribution in [2.75, 3.05) is 19.6 Å². The van der Waals surface area contributed by atoms with Crippen LogP contribution in [0.1, 0.15) is 38.0 Å². The van der Waals surface area contributed by atoms with Gasteiger partial charge < -0.3 is 9.73 Å². The summed E-state index contributed by atoms with van der Waals surface area (Å²) < 4.78 is 5.64. The van der Waals surface area contributed by atoms with Crippen LogP contribution in [0.3, 0.4) is 0 Å². The summed E-state index contributed by atoms with van der Waals surface area (Å²) in [7, 11) is 0. The summed E-state index contributed by atoms with van der Waals surface area (Å²) in [6.45, 7) is 4.67. The number of piperidine rings is 1. The van der Waals surface area contributed by atoms with Crippen LogP contribution in [0.4, 0.5) is 0 Å². The second kappa shape index (κ2) is 9.11. The SMILES string of the molecule is C[C@@H](Sc1ccccc1)C(=O)NC[C@@H](c1ccco1)N1CCCCC1. The highest BCUT2D eigenvalue weighted by Crippen LogP contribution is 2.26. The van der Waals surface area contributed by atoms with Crippen molar-refractivity contribution in [1.29, 1.82) is 0 Å². The van der Waals surface area contributed by atoms with Gasteiger partial charge in [-0.2, -0.15) is 0 Å². The number of furan rings is 1. The molecule has 0 radical (unpaired) electrons. The fourth-order valence-electron chi connectivity index (χ4n) is 3.22. The standard InChI is InChI=1S/C20H26N2O2S/c1-16(25-17-9-4-2-5-10-17)20(23)21-15-18(19-11-8-14-24-19)22-12-6-3-7-13-22/h2,4-5,8-11,14,16,18H,3,6-7,12-13,15H2,1H3,(H,21,23)/t16-,18+/m1/s1. The van der Waals surface area contributed by atoms with Crippen LogP contribution in [0, 0.1) is 0 Å². The lowest BCUT2D eigenvalue weighted by molar-refractivity contribution is -0.120. The highest BCUT2D eigenvalue weighted by atomic mass is 32.2. The number of hydrogen-bond acceptors (Lipinski definition) is 4. The van der Waals surface area contributed by atoms with Gasteiger partial charge in [0, 0.05) is 11.4 Å². The maximum absolute atomic E-state index is 12.5. The highest BCUT2D eigenvalue weighted by molar-refractivity contribution is 8.00. The van der Waals surface area contributed by atoms with Crippen molar-refractivity contribution in [2.24, 2.45) is 0 Å². The molecule has 2 aromatic rings. The van der Waals surface area contributed by atoms with Crippen LogP contribution < -0.4 is 5.32 Å². The largest absolute Gasteiger partial charge is 0.468 e. The van der Waals surface area contributed by atoms with Crippen LogP contribution in [-0.4, -0.2) is 35.7 Å². The third kappa shape index (κ3) is 5.13. The van der Waals surface area contributed by atoms with Crippen LogP contribution in [0.25, 0.3) is 0 Å². The molecule has 1 aromatic heterocycles. The first-order valence-electron chi connectivity index (χ1n) is 9.01. The van der Waals surface area contributed by atoms with Crippen LogP contribution in [0.5, 0.6) is 0 Å². The Hall–Kier alpha value is -1.72. The first-order chi connectivity index (χ1) is 12.2. The summed E-state index contributed by atoms with van der Waals surface area (Å²) in [6.07, 6.45) is 5.43. The van der Waals surface area contributed by atoms with E-state index in [1.165, 1.54) is 19.3 Å². The Labute approximate surface area is 154 Å². The third-order valence-corrected chi connectivity index (χ3v) is 5.71. The van der Waals surface area contributed by atoms with Gasteiger partial charge in [-0.3, -0.25) is 9.69 Å². The van der Waals surface area contributed by atoms with E-state index in [0.29, 0.717) is 6.54 Å².